The van der Waals surface area contributed by atoms with Crippen molar-refractivity contribution >= 4 is 17.6 Å². The molecule has 1 N–H and O–H groups in total. The van der Waals surface area contributed by atoms with Gasteiger partial charge in [-0.15, -0.1) is 0 Å². The molecule has 0 aromatic heterocycles. The highest BCUT2D eigenvalue weighted by molar-refractivity contribution is 5.96. The molecule has 0 aliphatic carbocycles. The third-order valence-corrected chi connectivity index (χ3v) is 4.13. The lowest BCUT2D eigenvalue weighted by Crippen LogP contribution is -2.42. The average molecular weight is 335 g/mol. The molecule has 132 valence electrons. The molecule has 1 aliphatic heterocycles. The first kappa shape index (κ1) is 17.9. The Labute approximate surface area is 142 Å². The number of amides is 3. The predicted molar refractivity (Wildman–Crippen MR) is 91.8 cm³/mol. The van der Waals surface area contributed by atoms with Crippen molar-refractivity contribution in [3.05, 3.63) is 18.2 Å². The van der Waals surface area contributed by atoms with Gasteiger partial charge in [0.25, 0.3) is 0 Å². The average Bonchev–Trinajstić information content (AvgIpc) is 2.94. The Morgan fingerprint density at radius 3 is 2.58 bits per heavy atom. The van der Waals surface area contributed by atoms with Crippen LogP contribution < -0.4 is 19.7 Å². The lowest BCUT2D eigenvalue weighted by atomic mass is 10.2. The van der Waals surface area contributed by atoms with Gasteiger partial charge in [0.2, 0.25) is 5.91 Å². The summed E-state index contributed by atoms with van der Waals surface area (Å²) in [5.41, 5.74) is 0.725. The van der Waals surface area contributed by atoms with Crippen LogP contribution in [-0.4, -0.2) is 56.7 Å². The summed E-state index contributed by atoms with van der Waals surface area (Å²) in [5, 5.41) is 2.88. The van der Waals surface area contributed by atoms with Gasteiger partial charge in [0.15, 0.2) is 11.5 Å². The van der Waals surface area contributed by atoms with Gasteiger partial charge in [-0.1, -0.05) is 6.92 Å². The summed E-state index contributed by atoms with van der Waals surface area (Å²) in [6.45, 7) is 5.07. The number of carbonyl (C=O) groups excluding carboxylic acids is 2. The Balaban J connectivity index is 2.04. The number of ether oxygens (including phenoxy) is 2. The fraction of sp³-hybridized carbons (Fsp3) is 0.529. The first-order valence-electron chi connectivity index (χ1n) is 8.08. The molecule has 1 aliphatic rings. The monoisotopic (exact) mass is 335 g/mol. The minimum absolute atomic E-state index is 0.0764. The van der Waals surface area contributed by atoms with Crippen molar-refractivity contribution in [1.29, 1.82) is 0 Å². The van der Waals surface area contributed by atoms with Crippen LogP contribution in [0.4, 0.5) is 10.5 Å². The van der Waals surface area contributed by atoms with E-state index in [1.54, 1.807) is 36.2 Å². The van der Waals surface area contributed by atoms with Gasteiger partial charge in [0.05, 0.1) is 14.2 Å². The van der Waals surface area contributed by atoms with Crippen molar-refractivity contribution in [2.45, 2.75) is 26.3 Å². The molecule has 0 radical (unpaired) electrons. The zero-order chi connectivity index (χ0) is 17.7. The van der Waals surface area contributed by atoms with E-state index in [9.17, 15) is 9.59 Å². The Bertz CT molecular complexity index is 605. The molecule has 1 aromatic carbocycles. The minimum atomic E-state index is -0.179. The number of urea groups is 1. The molecule has 3 amide bonds. The standard InChI is InChI=1S/C17H25N3O4/c1-5-12(2)18-16(21)11-19-8-9-20(17(19)22)13-6-7-14(23-3)15(10-13)24-4/h6-7,10,12H,5,8-9,11H2,1-4H3,(H,18,21). The van der Waals surface area contributed by atoms with Crippen molar-refractivity contribution < 1.29 is 19.1 Å². The SMILES string of the molecule is CCC(C)NC(=O)CN1CCN(c2ccc(OC)c(OC)c2)C1=O. The Morgan fingerprint density at radius 1 is 1.25 bits per heavy atom. The van der Waals surface area contributed by atoms with Crippen molar-refractivity contribution in [2.75, 3.05) is 38.8 Å². The van der Waals surface area contributed by atoms with Gasteiger partial charge in [-0.2, -0.15) is 0 Å². The number of nitrogens with one attached hydrogen (secondary N) is 1. The number of rotatable bonds is 7. The van der Waals surface area contributed by atoms with Gasteiger partial charge >= 0.3 is 6.03 Å². The second-order valence-corrected chi connectivity index (χ2v) is 5.77. The molecule has 1 atom stereocenters. The highest BCUT2D eigenvalue weighted by Gasteiger charge is 2.31. The topological polar surface area (TPSA) is 71.1 Å². The Morgan fingerprint density at radius 2 is 1.96 bits per heavy atom. The Kier molecular flexibility index (Phi) is 5.89. The normalized spacial score (nSPS) is 15.4. The fourth-order valence-electron chi connectivity index (χ4n) is 2.56. The van der Waals surface area contributed by atoms with Crippen LogP contribution in [0.2, 0.25) is 0 Å². The lowest BCUT2D eigenvalue weighted by Gasteiger charge is -2.20. The predicted octanol–water partition coefficient (Wildman–Crippen LogP) is 1.86. The van der Waals surface area contributed by atoms with Gasteiger partial charge < -0.3 is 19.7 Å². The number of hydrogen-bond acceptors (Lipinski definition) is 4. The molecular formula is C17H25N3O4. The molecule has 7 heteroatoms. The van der Waals surface area contributed by atoms with Crippen LogP contribution in [0.1, 0.15) is 20.3 Å². The molecule has 7 nitrogen and oxygen atoms in total. The second kappa shape index (κ2) is 7.90. The molecule has 1 heterocycles. The summed E-state index contributed by atoms with van der Waals surface area (Å²) in [4.78, 5) is 27.7. The zero-order valence-corrected chi connectivity index (χ0v) is 14.7. The number of nitrogens with zero attached hydrogens (tertiary/aromatic N) is 2. The fourth-order valence-corrected chi connectivity index (χ4v) is 2.56. The van der Waals surface area contributed by atoms with E-state index >= 15 is 0 Å². The molecule has 0 saturated carbocycles. The van der Waals surface area contributed by atoms with Crippen LogP contribution in [0.5, 0.6) is 11.5 Å². The Hall–Kier alpha value is -2.44. The lowest BCUT2D eigenvalue weighted by molar-refractivity contribution is -0.122. The van der Waals surface area contributed by atoms with E-state index in [4.69, 9.17) is 9.47 Å². The molecule has 0 bridgehead atoms. The maximum absolute atomic E-state index is 12.6. The summed E-state index contributed by atoms with van der Waals surface area (Å²) in [7, 11) is 3.12. The molecule has 1 aromatic rings. The first-order chi connectivity index (χ1) is 11.5. The van der Waals surface area contributed by atoms with Gasteiger partial charge in [0, 0.05) is 30.9 Å². The number of benzene rings is 1. The van der Waals surface area contributed by atoms with Crippen LogP contribution in [-0.2, 0) is 4.79 Å². The maximum atomic E-state index is 12.6. The van der Waals surface area contributed by atoms with Crippen molar-refractivity contribution in [3.63, 3.8) is 0 Å². The summed E-state index contributed by atoms with van der Waals surface area (Å²) >= 11 is 0. The molecule has 24 heavy (non-hydrogen) atoms. The quantitative estimate of drug-likeness (QED) is 0.826. The van der Waals surface area contributed by atoms with Crippen molar-refractivity contribution in [2.24, 2.45) is 0 Å². The third kappa shape index (κ3) is 3.90. The molecule has 1 saturated heterocycles. The summed E-state index contributed by atoms with van der Waals surface area (Å²) in [5.74, 6) is 1.04. The third-order valence-electron chi connectivity index (χ3n) is 4.13. The van der Waals surface area contributed by atoms with Crippen LogP contribution >= 0.6 is 0 Å². The van der Waals surface area contributed by atoms with E-state index in [2.05, 4.69) is 5.32 Å². The van der Waals surface area contributed by atoms with Gasteiger partial charge in [0.1, 0.15) is 6.54 Å². The van der Waals surface area contributed by atoms with Gasteiger partial charge in [-0.05, 0) is 25.5 Å². The molecular weight excluding hydrogens is 310 g/mol. The highest BCUT2D eigenvalue weighted by Crippen LogP contribution is 2.32. The largest absolute Gasteiger partial charge is 0.493 e. The summed E-state index contributed by atoms with van der Waals surface area (Å²) < 4.78 is 10.5. The summed E-state index contributed by atoms with van der Waals surface area (Å²) in [6.07, 6.45) is 0.859. The van der Waals surface area contributed by atoms with Crippen LogP contribution in [0.25, 0.3) is 0 Å². The molecule has 2 rings (SSSR count). The number of carbonyl (C=O) groups is 2. The number of methoxy groups -OCH3 is 2. The van der Waals surface area contributed by atoms with E-state index in [1.165, 1.54) is 0 Å². The number of hydrogen-bond donors (Lipinski definition) is 1. The smallest absolute Gasteiger partial charge is 0.325 e. The van der Waals surface area contributed by atoms with Crippen LogP contribution in [0, 0.1) is 0 Å². The van der Waals surface area contributed by atoms with E-state index in [0.717, 1.165) is 12.1 Å². The maximum Gasteiger partial charge on any atom is 0.325 e. The van der Waals surface area contributed by atoms with Gasteiger partial charge in [-0.3, -0.25) is 9.69 Å². The van der Waals surface area contributed by atoms with E-state index in [0.29, 0.717) is 24.6 Å². The van der Waals surface area contributed by atoms with Crippen LogP contribution in [0.15, 0.2) is 18.2 Å². The zero-order valence-electron chi connectivity index (χ0n) is 14.7. The highest BCUT2D eigenvalue weighted by atomic mass is 16.5. The second-order valence-electron chi connectivity index (χ2n) is 5.77. The van der Waals surface area contributed by atoms with Gasteiger partial charge in [-0.25, -0.2) is 4.79 Å². The summed E-state index contributed by atoms with van der Waals surface area (Å²) in [6, 6.07) is 5.26. The van der Waals surface area contributed by atoms with Crippen molar-refractivity contribution in [3.8, 4) is 11.5 Å². The molecule has 1 unspecified atom stereocenters. The molecule has 0 spiro atoms. The van der Waals surface area contributed by atoms with Crippen LogP contribution in [0.3, 0.4) is 0 Å². The molecule has 1 fully saturated rings. The minimum Gasteiger partial charge on any atom is -0.493 e. The number of anilines is 1. The van der Waals surface area contributed by atoms with E-state index in [-0.39, 0.29) is 24.5 Å². The van der Waals surface area contributed by atoms with E-state index < -0.39 is 0 Å². The first-order valence-corrected chi connectivity index (χ1v) is 8.08. The van der Waals surface area contributed by atoms with E-state index in [1.807, 2.05) is 19.9 Å². The van der Waals surface area contributed by atoms with Crippen molar-refractivity contribution in [1.82, 2.24) is 10.2 Å².